The second-order valence-corrected chi connectivity index (χ2v) is 5.12. The van der Waals surface area contributed by atoms with Gasteiger partial charge in [-0.15, -0.1) is 5.10 Å². The fourth-order valence-electron chi connectivity index (χ4n) is 2.15. The molecule has 2 aromatic heterocycles. The maximum Gasteiger partial charge on any atom is 0.378 e. The molecule has 3 rings (SSSR count). The molecule has 0 amide bonds. The Hall–Kier alpha value is -3.16. The Morgan fingerprint density at radius 3 is 2.48 bits per heavy atom. The molecule has 130 valence electrons. The van der Waals surface area contributed by atoms with Crippen molar-refractivity contribution in [3.63, 3.8) is 0 Å². The number of aromatic nitrogens is 4. The first-order valence-corrected chi connectivity index (χ1v) is 7.88. The van der Waals surface area contributed by atoms with E-state index in [9.17, 15) is 4.79 Å². The maximum atomic E-state index is 12.0. The fourth-order valence-corrected chi connectivity index (χ4v) is 2.15. The van der Waals surface area contributed by atoms with Crippen molar-refractivity contribution < 1.29 is 19.0 Å². The van der Waals surface area contributed by atoms with Gasteiger partial charge in [-0.2, -0.15) is 4.98 Å². The summed E-state index contributed by atoms with van der Waals surface area (Å²) in [6.45, 7) is 4.71. The minimum atomic E-state index is -0.611. The van der Waals surface area contributed by atoms with Gasteiger partial charge in [-0.25, -0.2) is 14.3 Å². The predicted octanol–water partition coefficient (Wildman–Crippen LogP) is 2.07. The van der Waals surface area contributed by atoms with Gasteiger partial charge in [0.15, 0.2) is 0 Å². The lowest BCUT2D eigenvalue weighted by Gasteiger charge is -2.07. The van der Waals surface area contributed by atoms with E-state index < -0.39 is 5.97 Å². The quantitative estimate of drug-likeness (QED) is 0.480. The molecule has 8 heteroatoms. The summed E-state index contributed by atoms with van der Waals surface area (Å²) in [6, 6.07) is 9.01. The lowest BCUT2D eigenvalue weighted by Crippen LogP contribution is -2.13. The van der Waals surface area contributed by atoms with Crippen LogP contribution in [0.5, 0.6) is 11.5 Å². The zero-order valence-corrected chi connectivity index (χ0v) is 14.0. The van der Waals surface area contributed by atoms with Crippen LogP contribution in [0.15, 0.2) is 36.5 Å². The van der Waals surface area contributed by atoms with Crippen LogP contribution in [0.1, 0.15) is 23.2 Å². The molecule has 0 aliphatic heterocycles. The van der Waals surface area contributed by atoms with Gasteiger partial charge < -0.3 is 14.2 Å². The van der Waals surface area contributed by atoms with Gasteiger partial charge in [0, 0.05) is 11.9 Å². The number of aryl methyl sites for hydroxylation is 1. The van der Waals surface area contributed by atoms with Crippen molar-refractivity contribution in [1.29, 1.82) is 0 Å². The molecule has 8 nitrogen and oxygen atoms in total. The monoisotopic (exact) mass is 342 g/mol. The zero-order chi connectivity index (χ0) is 17.6. The predicted molar refractivity (Wildman–Crippen MR) is 88.9 cm³/mol. The van der Waals surface area contributed by atoms with Crippen LogP contribution >= 0.6 is 0 Å². The Morgan fingerprint density at radius 1 is 1.08 bits per heavy atom. The Morgan fingerprint density at radius 2 is 1.80 bits per heavy atom. The highest BCUT2D eigenvalue weighted by Crippen LogP contribution is 2.17. The van der Waals surface area contributed by atoms with Crippen LogP contribution in [0.25, 0.3) is 5.78 Å². The number of nitrogens with zero attached hydrogens (tertiary/aromatic N) is 4. The van der Waals surface area contributed by atoms with Crippen molar-refractivity contribution in [2.45, 2.75) is 13.8 Å². The number of fused-ring (bicyclic) bond motifs is 1. The third kappa shape index (κ3) is 4.03. The fraction of sp³-hybridized carbons (Fsp3) is 0.294. The standard InChI is InChI=1S/C17H18N4O4/c1-3-23-13-4-6-14(7-5-13)24-10-11-25-16(22)15-19-17-18-9-8-12(2)21(17)20-15/h4-9H,3,10-11H2,1-2H3. The van der Waals surface area contributed by atoms with Gasteiger partial charge in [0.05, 0.1) is 6.61 Å². The number of hydrogen-bond donors (Lipinski definition) is 0. The Balaban J connectivity index is 1.49. The highest BCUT2D eigenvalue weighted by Gasteiger charge is 2.15. The van der Waals surface area contributed by atoms with Crippen molar-refractivity contribution in [3.8, 4) is 11.5 Å². The van der Waals surface area contributed by atoms with Crippen LogP contribution in [-0.2, 0) is 4.74 Å². The summed E-state index contributed by atoms with van der Waals surface area (Å²) in [5.74, 6) is 1.17. The minimum Gasteiger partial charge on any atom is -0.494 e. The number of rotatable bonds is 7. The van der Waals surface area contributed by atoms with Crippen molar-refractivity contribution in [2.24, 2.45) is 0 Å². The van der Waals surface area contributed by atoms with Crippen molar-refractivity contribution in [2.75, 3.05) is 19.8 Å². The summed E-state index contributed by atoms with van der Waals surface area (Å²) in [5, 5.41) is 4.09. The summed E-state index contributed by atoms with van der Waals surface area (Å²) in [6.07, 6.45) is 1.61. The largest absolute Gasteiger partial charge is 0.494 e. The van der Waals surface area contributed by atoms with Crippen molar-refractivity contribution in [3.05, 3.63) is 48.0 Å². The number of carbonyl (C=O) groups excluding carboxylic acids is 1. The summed E-state index contributed by atoms with van der Waals surface area (Å²) in [7, 11) is 0. The third-order valence-corrected chi connectivity index (χ3v) is 3.33. The number of esters is 1. The second-order valence-electron chi connectivity index (χ2n) is 5.12. The Bertz CT molecular complexity index is 861. The highest BCUT2D eigenvalue weighted by atomic mass is 16.6. The van der Waals surface area contributed by atoms with E-state index in [1.807, 2.05) is 26.0 Å². The van der Waals surface area contributed by atoms with E-state index in [4.69, 9.17) is 14.2 Å². The first kappa shape index (κ1) is 16.7. The molecule has 0 aliphatic carbocycles. The summed E-state index contributed by atoms with van der Waals surface area (Å²) >= 11 is 0. The molecule has 0 fully saturated rings. The summed E-state index contributed by atoms with van der Waals surface area (Å²) in [5.41, 5.74) is 0.829. The van der Waals surface area contributed by atoms with Crippen LogP contribution in [0.4, 0.5) is 0 Å². The summed E-state index contributed by atoms with van der Waals surface area (Å²) in [4.78, 5) is 20.1. The number of benzene rings is 1. The molecule has 1 aromatic carbocycles. The van der Waals surface area contributed by atoms with Crippen molar-refractivity contribution >= 4 is 11.7 Å². The molecule has 25 heavy (non-hydrogen) atoms. The van der Waals surface area contributed by atoms with Gasteiger partial charge in [-0.3, -0.25) is 0 Å². The molecule has 0 N–H and O–H groups in total. The lowest BCUT2D eigenvalue weighted by atomic mass is 10.3. The van der Waals surface area contributed by atoms with E-state index in [1.165, 1.54) is 4.52 Å². The van der Waals surface area contributed by atoms with Crippen LogP contribution in [0.2, 0.25) is 0 Å². The first-order chi connectivity index (χ1) is 12.2. The average molecular weight is 342 g/mol. The van der Waals surface area contributed by atoms with Gasteiger partial charge in [0.25, 0.3) is 11.6 Å². The molecule has 0 spiro atoms. The van der Waals surface area contributed by atoms with Gasteiger partial charge >= 0.3 is 5.97 Å². The van der Waals surface area contributed by atoms with Crippen LogP contribution in [-0.4, -0.2) is 45.4 Å². The third-order valence-electron chi connectivity index (χ3n) is 3.33. The van der Waals surface area contributed by atoms with E-state index in [0.29, 0.717) is 18.1 Å². The van der Waals surface area contributed by atoms with E-state index in [-0.39, 0.29) is 19.0 Å². The topological polar surface area (TPSA) is 87.8 Å². The number of carbonyl (C=O) groups is 1. The second kappa shape index (κ2) is 7.61. The van der Waals surface area contributed by atoms with Gasteiger partial charge in [0.1, 0.15) is 24.7 Å². The van der Waals surface area contributed by atoms with Crippen LogP contribution in [0, 0.1) is 6.92 Å². The smallest absolute Gasteiger partial charge is 0.378 e. The molecule has 2 heterocycles. The lowest BCUT2D eigenvalue weighted by molar-refractivity contribution is 0.0436. The molecule has 0 aliphatic rings. The molecule has 0 saturated heterocycles. The summed E-state index contributed by atoms with van der Waals surface area (Å²) < 4.78 is 17.5. The highest BCUT2D eigenvalue weighted by molar-refractivity contribution is 5.85. The van der Waals surface area contributed by atoms with Gasteiger partial charge in [-0.1, -0.05) is 0 Å². The van der Waals surface area contributed by atoms with Crippen LogP contribution < -0.4 is 9.47 Å². The maximum absolute atomic E-state index is 12.0. The zero-order valence-electron chi connectivity index (χ0n) is 14.0. The van der Waals surface area contributed by atoms with E-state index in [2.05, 4.69) is 15.1 Å². The minimum absolute atomic E-state index is 0.0251. The SMILES string of the molecule is CCOc1ccc(OCCOC(=O)c2nc3nccc(C)n3n2)cc1. The Labute approximate surface area is 144 Å². The Kier molecular flexibility index (Phi) is 5.08. The van der Waals surface area contributed by atoms with E-state index in [1.54, 1.807) is 24.4 Å². The molecular weight excluding hydrogens is 324 g/mol. The van der Waals surface area contributed by atoms with Gasteiger partial charge in [-0.05, 0) is 44.2 Å². The first-order valence-electron chi connectivity index (χ1n) is 7.88. The van der Waals surface area contributed by atoms with Crippen LogP contribution in [0.3, 0.4) is 0 Å². The van der Waals surface area contributed by atoms with Gasteiger partial charge in [0.2, 0.25) is 0 Å². The molecule has 0 atom stereocenters. The molecule has 0 unspecified atom stereocenters. The van der Waals surface area contributed by atoms with E-state index >= 15 is 0 Å². The molecule has 0 bridgehead atoms. The van der Waals surface area contributed by atoms with Crippen molar-refractivity contribution in [1.82, 2.24) is 19.6 Å². The molecule has 3 aromatic rings. The average Bonchev–Trinajstić information content (AvgIpc) is 3.06. The number of hydrogen-bond acceptors (Lipinski definition) is 7. The molecule has 0 radical (unpaired) electrons. The molecular formula is C17H18N4O4. The number of ether oxygens (including phenoxy) is 3. The molecule has 0 saturated carbocycles. The van der Waals surface area contributed by atoms with E-state index in [0.717, 1.165) is 11.4 Å². The normalized spacial score (nSPS) is 10.6.